The average Bonchev–Trinajstić information content (AvgIpc) is 1.93. The number of hydrogen-bond donors (Lipinski definition) is 1. The molecule has 0 spiro atoms. The molecule has 0 heterocycles. The van der Waals surface area contributed by atoms with Gasteiger partial charge in [0.25, 0.3) is 0 Å². The van der Waals surface area contributed by atoms with Crippen molar-refractivity contribution in [2.24, 2.45) is 0 Å². The topological polar surface area (TPSA) is 0 Å². The summed E-state index contributed by atoms with van der Waals surface area (Å²) in [7, 11) is 0. The van der Waals surface area contributed by atoms with E-state index in [1.807, 2.05) is 0 Å². The number of benzene rings is 1. The van der Waals surface area contributed by atoms with Crippen LogP contribution in [0.1, 0.15) is 5.56 Å². The number of thiol groups is 1. The third-order valence-electron chi connectivity index (χ3n) is 1.32. The number of halogens is 2. The van der Waals surface area contributed by atoms with Crippen LogP contribution in [0.4, 0.5) is 4.39 Å². The summed E-state index contributed by atoms with van der Waals surface area (Å²) in [6.07, 6.45) is 0. The molecule has 3 heteroatoms. The van der Waals surface area contributed by atoms with E-state index in [0.717, 1.165) is 0 Å². The van der Waals surface area contributed by atoms with Crippen LogP contribution in [0.2, 0.25) is 5.02 Å². The molecule has 0 saturated carbocycles. The van der Waals surface area contributed by atoms with Crippen LogP contribution in [-0.2, 0) is 0 Å². The van der Waals surface area contributed by atoms with Gasteiger partial charge in [-0.25, -0.2) is 4.39 Å². The van der Waals surface area contributed by atoms with Gasteiger partial charge in [0, 0.05) is 4.90 Å². The van der Waals surface area contributed by atoms with Crippen LogP contribution >= 0.6 is 24.2 Å². The van der Waals surface area contributed by atoms with Crippen molar-refractivity contribution in [3.05, 3.63) is 28.5 Å². The van der Waals surface area contributed by atoms with Crippen molar-refractivity contribution in [3.8, 4) is 0 Å². The molecule has 0 saturated heterocycles. The minimum absolute atomic E-state index is 0.269. The Morgan fingerprint density at radius 1 is 1.50 bits per heavy atom. The van der Waals surface area contributed by atoms with E-state index in [1.165, 1.54) is 12.1 Å². The zero-order chi connectivity index (χ0) is 7.72. The fourth-order valence-electron chi connectivity index (χ4n) is 0.642. The molecule has 0 aliphatic heterocycles. The first kappa shape index (κ1) is 7.89. The lowest BCUT2D eigenvalue weighted by Gasteiger charge is -2.00. The lowest BCUT2D eigenvalue weighted by Crippen LogP contribution is -1.83. The fourth-order valence-corrected chi connectivity index (χ4v) is 1.03. The summed E-state index contributed by atoms with van der Waals surface area (Å²) >= 11 is 9.65. The summed E-state index contributed by atoms with van der Waals surface area (Å²) in [6, 6.07) is 2.82. The molecule has 0 atom stereocenters. The van der Waals surface area contributed by atoms with Crippen molar-refractivity contribution in [2.45, 2.75) is 11.8 Å². The first-order valence-corrected chi connectivity index (χ1v) is 3.59. The molecule has 1 rings (SSSR count). The molecule has 1 aromatic rings. The van der Waals surface area contributed by atoms with Gasteiger partial charge in [0.05, 0.1) is 5.02 Å². The summed E-state index contributed by atoms with van der Waals surface area (Å²) in [5.41, 5.74) is 0.496. The van der Waals surface area contributed by atoms with Crippen LogP contribution in [0, 0.1) is 12.7 Å². The van der Waals surface area contributed by atoms with Gasteiger partial charge in [0.1, 0.15) is 5.82 Å². The van der Waals surface area contributed by atoms with E-state index in [9.17, 15) is 4.39 Å². The van der Waals surface area contributed by atoms with Crippen LogP contribution in [-0.4, -0.2) is 0 Å². The van der Waals surface area contributed by atoms with Crippen molar-refractivity contribution < 1.29 is 4.39 Å². The predicted molar refractivity (Wildman–Crippen MR) is 43.4 cm³/mol. The second-order valence-electron chi connectivity index (χ2n) is 2.00. The van der Waals surface area contributed by atoms with E-state index < -0.39 is 0 Å². The molecule has 0 aliphatic carbocycles. The molecule has 1 aromatic carbocycles. The lowest BCUT2D eigenvalue weighted by molar-refractivity contribution is 0.614. The standard InChI is InChI=1S/C7H6ClFS/c1-4-6(9)3-2-5(8)7(4)10/h2-3,10H,1H3. The molecule has 0 unspecified atom stereocenters. The highest BCUT2D eigenvalue weighted by atomic mass is 35.5. The van der Waals surface area contributed by atoms with Crippen molar-refractivity contribution in [3.63, 3.8) is 0 Å². The molecule has 0 nitrogen and oxygen atoms in total. The van der Waals surface area contributed by atoms with E-state index in [2.05, 4.69) is 12.6 Å². The highest BCUT2D eigenvalue weighted by molar-refractivity contribution is 7.80. The molecule has 54 valence electrons. The molecular weight excluding hydrogens is 171 g/mol. The van der Waals surface area contributed by atoms with E-state index in [0.29, 0.717) is 15.5 Å². The average molecular weight is 177 g/mol. The first-order chi connectivity index (χ1) is 4.63. The fraction of sp³-hybridized carbons (Fsp3) is 0.143. The summed E-state index contributed by atoms with van der Waals surface area (Å²) in [5.74, 6) is -0.269. The van der Waals surface area contributed by atoms with E-state index in [1.54, 1.807) is 6.92 Å². The molecular formula is C7H6ClFS. The molecule has 0 N–H and O–H groups in total. The van der Waals surface area contributed by atoms with Gasteiger partial charge in [-0.15, -0.1) is 12.6 Å². The lowest BCUT2D eigenvalue weighted by atomic mass is 10.2. The van der Waals surface area contributed by atoms with Gasteiger partial charge in [-0.2, -0.15) is 0 Å². The Morgan fingerprint density at radius 2 is 2.10 bits per heavy atom. The maximum atomic E-state index is 12.7. The quantitative estimate of drug-likeness (QED) is 0.577. The maximum absolute atomic E-state index is 12.7. The van der Waals surface area contributed by atoms with Gasteiger partial charge in [-0.05, 0) is 24.6 Å². The molecule has 0 fully saturated rings. The second-order valence-corrected chi connectivity index (χ2v) is 2.86. The van der Waals surface area contributed by atoms with Crippen LogP contribution in [0.15, 0.2) is 17.0 Å². The van der Waals surface area contributed by atoms with Crippen molar-refractivity contribution in [1.82, 2.24) is 0 Å². The Kier molecular flexibility index (Phi) is 2.21. The molecule has 0 aliphatic rings. The zero-order valence-corrected chi connectivity index (χ0v) is 7.01. The summed E-state index contributed by atoms with van der Waals surface area (Å²) in [5, 5.41) is 0.488. The minimum atomic E-state index is -0.269. The third-order valence-corrected chi connectivity index (χ3v) is 2.34. The highest BCUT2D eigenvalue weighted by Gasteiger charge is 2.03. The van der Waals surface area contributed by atoms with Gasteiger partial charge in [0.15, 0.2) is 0 Å². The van der Waals surface area contributed by atoms with Crippen LogP contribution in [0.5, 0.6) is 0 Å². The van der Waals surface area contributed by atoms with Gasteiger partial charge in [0.2, 0.25) is 0 Å². The second kappa shape index (κ2) is 2.81. The molecule has 0 amide bonds. The Hall–Kier alpha value is -0.210. The predicted octanol–water partition coefficient (Wildman–Crippen LogP) is 3.08. The zero-order valence-electron chi connectivity index (χ0n) is 5.36. The Balaban J connectivity index is 3.34. The number of hydrogen-bond acceptors (Lipinski definition) is 1. The normalized spacial score (nSPS) is 10.0. The first-order valence-electron chi connectivity index (χ1n) is 2.76. The van der Waals surface area contributed by atoms with Gasteiger partial charge < -0.3 is 0 Å². The SMILES string of the molecule is Cc1c(F)ccc(Cl)c1S. The summed E-state index contributed by atoms with van der Waals surface area (Å²) < 4.78 is 12.7. The van der Waals surface area contributed by atoms with E-state index >= 15 is 0 Å². The maximum Gasteiger partial charge on any atom is 0.127 e. The Labute approximate surface area is 69.4 Å². The Morgan fingerprint density at radius 3 is 2.60 bits per heavy atom. The largest absolute Gasteiger partial charge is 0.207 e. The van der Waals surface area contributed by atoms with Crippen LogP contribution in [0.3, 0.4) is 0 Å². The van der Waals surface area contributed by atoms with Crippen molar-refractivity contribution in [1.29, 1.82) is 0 Å². The van der Waals surface area contributed by atoms with E-state index in [4.69, 9.17) is 11.6 Å². The van der Waals surface area contributed by atoms with Crippen LogP contribution in [0.25, 0.3) is 0 Å². The van der Waals surface area contributed by atoms with Crippen LogP contribution < -0.4 is 0 Å². The molecule has 0 bridgehead atoms. The smallest absolute Gasteiger partial charge is 0.127 e. The third kappa shape index (κ3) is 1.27. The van der Waals surface area contributed by atoms with Gasteiger partial charge >= 0.3 is 0 Å². The number of rotatable bonds is 0. The van der Waals surface area contributed by atoms with Crippen molar-refractivity contribution >= 4 is 24.2 Å². The van der Waals surface area contributed by atoms with Gasteiger partial charge in [-0.3, -0.25) is 0 Å². The highest BCUT2D eigenvalue weighted by Crippen LogP contribution is 2.24. The summed E-state index contributed by atoms with van der Waals surface area (Å²) in [6.45, 7) is 1.64. The van der Waals surface area contributed by atoms with Gasteiger partial charge in [-0.1, -0.05) is 11.6 Å². The van der Waals surface area contributed by atoms with E-state index in [-0.39, 0.29) is 5.82 Å². The summed E-state index contributed by atoms with van der Waals surface area (Å²) in [4.78, 5) is 0.515. The van der Waals surface area contributed by atoms with Crippen molar-refractivity contribution in [2.75, 3.05) is 0 Å². The minimum Gasteiger partial charge on any atom is -0.207 e. The monoisotopic (exact) mass is 176 g/mol. The molecule has 0 aromatic heterocycles. The molecule has 0 radical (unpaired) electrons. The Bertz CT molecular complexity index is 233. The molecule has 10 heavy (non-hydrogen) atoms.